The highest BCUT2D eigenvalue weighted by Gasteiger charge is 2.18. The molecule has 0 spiro atoms. The van der Waals surface area contributed by atoms with Crippen LogP contribution in [0.3, 0.4) is 0 Å². The standard InChI is InChI=1S/C11H24Si/c1-12(2,3)10-9-11-7-5-4-6-8-11/h11H,4-10H2,1-3H3. The van der Waals surface area contributed by atoms with Gasteiger partial charge < -0.3 is 0 Å². The first-order chi connectivity index (χ1) is 5.58. The fourth-order valence-electron chi connectivity index (χ4n) is 2.11. The van der Waals surface area contributed by atoms with Crippen molar-refractivity contribution in [2.45, 2.75) is 64.2 Å². The molecule has 0 aromatic heterocycles. The van der Waals surface area contributed by atoms with Crippen LogP contribution in [0.1, 0.15) is 38.5 Å². The van der Waals surface area contributed by atoms with Gasteiger partial charge in [-0.1, -0.05) is 64.2 Å². The lowest BCUT2D eigenvalue weighted by Gasteiger charge is -2.24. The van der Waals surface area contributed by atoms with Crippen molar-refractivity contribution < 1.29 is 0 Å². The van der Waals surface area contributed by atoms with E-state index in [1.807, 2.05) is 0 Å². The first kappa shape index (κ1) is 10.3. The van der Waals surface area contributed by atoms with Gasteiger partial charge in [0.05, 0.1) is 0 Å². The van der Waals surface area contributed by atoms with Gasteiger partial charge in [-0.3, -0.25) is 0 Å². The number of rotatable bonds is 3. The largest absolute Gasteiger partial charge is 0.0695 e. The first-order valence-corrected chi connectivity index (χ1v) is 9.29. The van der Waals surface area contributed by atoms with E-state index in [-0.39, 0.29) is 0 Å². The Morgan fingerprint density at radius 3 is 2.08 bits per heavy atom. The van der Waals surface area contributed by atoms with Crippen LogP contribution in [0.25, 0.3) is 0 Å². The summed E-state index contributed by atoms with van der Waals surface area (Å²) < 4.78 is 0. The van der Waals surface area contributed by atoms with Gasteiger partial charge in [-0.05, 0) is 5.92 Å². The number of hydrogen-bond donors (Lipinski definition) is 0. The van der Waals surface area contributed by atoms with Gasteiger partial charge in [0.1, 0.15) is 0 Å². The molecule has 0 radical (unpaired) electrons. The molecule has 1 aliphatic rings. The molecular formula is C11H24Si. The molecule has 0 aromatic carbocycles. The van der Waals surface area contributed by atoms with Crippen LogP contribution in [0.2, 0.25) is 25.7 Å². The Bertz CT molecular complexity index is 117. The second-order valence-electron chi connectivity index (χ2n) is 5.60. The summed E-state index contributed by atoms with van der Waals surface area (Å²) in [6.07, 6.45) is 9.13. The molecule has 0 nitrogen and oxygen atoms in total. The minimum atomic E-state index is -0.741. The Morgan fingerprint density at radius 2 is 1.58 bits per heavy atom. The maximum Gasteiger partial charge on any atom is 0.0442 e. The lowest BCUT2D eigenvalue weighted by Crippen LogP contribution is -2.21. The van der Waals surface area contributed by atoms with Crippen molar-refractivity contribution in [1.82, 2.24) is 0 Å². The highest BCUT2D eigenvalue weighted by atomic mass is 28.3. The first-order valence-electron chi connectivity index (χ1n) is 5.58. The van der Waals surface area contributed by atoms with Crippen LogP contribution in [-0.4, -0.2) is 8.07 Å². The van der Waals surface area contributed by atoms with E-state index in [0.29, 0.717) is 0 Å². The van der Waals surface area contributed by atoms with Crippen molar-refractivity contribution >= 4 is 8.07 Å². The zero-order chi connectivity index (χ0) is 9.03. The van der Waals surface area contributed by atoms with Crippen molar-refractivity contribution in [2.24, 2.45) is 5.92 Å². The van der Waals surface area contributed by atoms with E-state index in [2.05, 4.69) is 19.6 Å². The van der Waals surface area contributed by atoms with Gasteiger partial charge in [-0.2, -0.15) is 0 Å². The summed E-state index contributed by atoms with van der Waals surface area (Å²) in [7, 11) is -0.741. The molecule has 0 bridgehead atoms. The maximum atomic E-state index is 2.50. The Morgan fingerprint density at radius 1 is 1.00 bits per heavy atom. The van der Waals surface area contributed by atoms with E-state index in [1.165, 1.54) is 38.5 Å². The molecule has 1 heteroatoms. The van der Waals surface area contributed by atoms with Crippen molar-refractivity contribution in [3.05, 3.63) is 0 Å². The molecule has 0 aromatic rings. The van der Waals surface area contributed by atoms with Crippen LogP contribution in [0.5, 0.6) is 0 Å². The average Bonchev–Trinajstić information content (AvgIpc) is 2.02. The van der Waals surface area contributed by atoms with Crippen molar-refractivity contribution in [1.29, 1.82) is 0 Å². The zero-order valence-corrected chi connectivity index (χ0v) is 10.0. The van der Waals surface area contributed by atoms with Crippen LogP contribution >= 0.6 is 0 Å². The fourth-order valence-corrected chi connectivity index (χ4v) is 3.39. The van der Waals surface area contributed by atoms with Gasteiger partial charge >= 0.3 is 0 Å². The van der Waals surface area contributed by atoms with E-state index in [1.54, 1.807) is 6.04 Å². The van der Waals surface area contributed by atoms with Gasteiger partial charge in [-0.15, -0.1) is 0 Å². The van der Waals surface area contributed by atoms with Crippen LogP contribution in [0.4, 0.5) is 0 Å². The van der Waals surface area contributed by atoms with Gasteiger partial charge in [0, 0.05) is 8.07 Å². The maximum absolute atomic E-state index is 2.50. The fraction of sp³-hybridized carbons (Fsp3) is 1.00. The lowest BCUT2D eigenvalue weighted by molar-refractivity contribution is 0.348. The minimum Gasteiger partial charge on any atom is -0.0695 e. The summed E-state index contributed by atoms with van der Waals surface area (Å²) >= 11 is 0. The number of hydrogen-bond acceptors (Lipinski definition) is 0. The van der Waals surface area contributed by atoms with Crippen LogP contribution in [0.15, 0.2) is 0 Å². The molecular weight excluding hydrogens is 160 g/mol. The quantitative estimate of drug-likeness (QED) is 0.574. The Hall–Kier alpha value is 0.217. The molecule has 0 amide bonds. The van der Waals surface area contributed by atoms with E-state index >= 15 is 0 Å². The molecule has 0 aliphatic heterocycles. The van der Waals surface area contributed by atoms with Crippen molar-refractivity contribution in [3.63, 3.8) is 0 Å². The Labute approximate surface area is 78.8 Å². The zero-order valence-electron chi connectivity index (χ0n) is 9.03. The monoisotopic (exact) mass is 184 g/mol. The lowest BCUT2D eigenvalue weighted by atomic mass is 9.88. The van der Waals surface area contributed by atoms with E-state index < -0.39 is 8.07 Å². The van der Waals surface area contributed by atoms with Gasteiger partial charge in [-0.25, -0.2) is 0 Å². The Kier molecular flexibility index (Phi) is 3.82. The SMILES string of the molecule is C[Si](C)(C)CCC1CCCCC1. The predicted octanol–water partition coefficient (Wildman–Crippen LogP) is 4.30. The predicted molar refractivity (Wildman–Crippen MR) is 59.3 cm³/mol. The molecule has 0 atom stereocenters. The molecule has 72 valence electrons. The van der Waals surface area contributed by atoms with Crippen molar-refractivity contribution in [2.75, 3.05) is 0 Å². The summed E-state index contributed by atoms with van der Waals surface area (Å²) in [6.45, 7) is 7.49. The molecule has 0 N–H and O–H groups in total. The minimum absolute atomic E-state index is 0.741. The molecule has 1 fully saturated rings. The normalized spacial score (nSPS) is 21.2. The third kappa shape index (κ3) is 4.29. The van der Waals surface area contributed by atoms with E-state index in [0.717, 1.165) is 5.92 Å². The second kappa shape index (κ2) is 4.45. The van der Waals surface area contributed by atoms with Crippen LogP contribution in [-0.2, 0) is 0 Å². The Balaban J connectivity index is 2.13. The summed E-state index contributed by atoms with van der Waals surface area (Å²) in [5, 5.41) is 0. The summed E-state index contributed by atoms with van der Waals surface area (Å²) in [4.78, 5) is 0. The third-order valence-corrected chi connectivity index (χ3v) is 4.82. The van der Waals surface area contributed by atoms with Gasteiger partial charge in [0.2, 0.25) is 0 Å². The molecule has 1 rings (SSSR count). The molecule has 0 unspecified atom stereocenters. The van der Waals surface area contributed by atoms with E-state index in [9.17, 15) is 0 Å². The van der Waals surface area contributed by atoms with Gasteiger partial charge in [0.25, 0.3) is 0 Å². The molecule has 12 heavy (non-hydrogen) atoms. The molecule has 0 heterocycles. The average molecular weight is 184 g/mol. The smallest absolute Gasteiger partial charge is 0.0442 e. The topological polar surface area (TPSA) is 0 Å². The second-order valence-corrected chi connectivity index (χ2v) is 11.2. The molecule has 0 saturated heterocycles. The summed E-state index contributed by atoms with van der Waals surface area (Å²) in [5.74, 6) is 1.10. The van der Waals surface area contributed by atoms with Crippen molar-refractivity contribution in [3.8, 4) is 0 Å². The highest BCUT2D eigenvalue weighted by Crippen LogP contribution is 2.29. The highest BCUT2D eigenvalue weighted by molar-refractivity contribution is 6.76. The van der Waals surface area contributed by atoms with Gasteiger partial charge in [0.15, 0.2) is 0 Å². The van der Waals surface area contributed by atoms with Crippen LogP contribution in [0, 0.1) is 5.92 Å². The van der Waals surface area contributed by atoms with E-state index in [4.69, 9.17) is 0 Å². The summed E-state index contributed by atoms with van der Waals surface area (Å²) in [6, 6.07) is 1.55. The van der Waals surface area contributed by atoms with Crippen LogP contribution < -0.4 is 0 Å². The molecule has 1 aliphatic carbocycles. The summed E-state index contributed by atoms with van der Waals surface area (Å²) in [5.41, 5.74) is 0. The third-order valence-electron chi connectivity index (χ3n) is 3.03. The molecule has 1 saturated carbocycles.